The Hall–Kier alpha value is -3.65. The number of carbonyl (C=O) groups is 2. The Kier molecular flexibility index (Phi) is 7.27. The lowest BCUT2D eigenvalue weighted by Gasteiger charge is -2.25. The van der Waals surface area contributed by atoms with Crippen molar-refractivity contribution in [3.05, 3.63) is 82.7 Å². The van der Waals surface area contributed by atoms with Crippen molar-refractivity contribution in [3.63, 3.8) is 0 Å². The largest absolute Gasteiger partial charge is 0.497 e. The summed E-state index contributed by atoms with van der Waals surface area (Å²) in [7, 11) is 1.61. The van der Waals surface area contributed by atoms with Gasteiger partial charge in [0.05, 0.1) is 25.5 Å². The maximum Gasteiger partial charge on any atom is 0.254 e. The number of aryl methyl sites for hydroxylation is 2. The van der Waals surface area contributed by atoms with E-state index in [4.69, 9.17) is 14.0 Å². The molecule has 1 aliphatic heterocycles. The maximum absolute atomic E-state index is 13.2. The third-order valence-corrected chi connectivity index (χ3v) is 5.99. The van der Waals surface area contributed by atoms with Crippen LogP contribution < -0.4 is 4.74 Å². The number of rotatable bonds is 7. The lowest BCUT2D eigenvalue weighted by atomic mass is 10.2. The molecule has 3 aromatic rings. The van der Waals surface area contributed by atoms with Gasteiger partial charge in [-0.25, -0.2) is 0 Å². The van der Waals surface area contributed by atoms with Gasteiger partial charge < -0.3 is 23.8 Å². The Balaban J connectivity index is 1.56. The van der Waals surface area contributed by atoms with E-state index in [0.29, 0.717) is 37.6 Å². The smallest absolute Gasteiger partial charge is 0.254 e. The quantitative estimate of drug-likeness (QED) is 0.534. The Morgan fingerprint density at radius 2 is 1.91 bits per heavy atom. The zero-order valence-electron chi connectivity index (χ0n) is 19.7. The van der Waals surface area contributed by atoms with E-state index in [-0.39, 0.29) is 24.5 Å². The summed E-state index contributed by atoms with van der Waals surface area (Å²) >= 11 is 0. The van der Waals surface area contributed by atoms with E-state index in [1.807, 2.05) is 56.3 Å². The molecule has 1 aliphatic rings. The second kappa shape index (κ2) is 10.5. The molecule has 8 heteroatoms. The van der Waals surface area contributed by atoms with Crippen LogP contribution in [0.25, 0.3) is 0 Å². The molecule has 1 aromatic heterocycles. The number of hydrogen-bond donors (Lipinski definition) is 0. The van der Waals surface area contributed by atoms with Gasteiger partial charge >= 0.3 is 0 Å². The van der Waals surface area contributed by atoms with Gasteiger partial charge in [-0.2, -0.15) is 0 Å². The lowest BCUT2D eigenvalue weighted by Crippen LogP contribution is -2.39. The zero-order chi connectivity index (χ0) is 24.1. The summed E-state index contributed by atoms with van der Waals surface area (Å²) in [5.41, 5.74) is 3.14. The predicted molar refractivity (Wildman–Crippen MR) is 125 cm³/mol. The topological polar surface area (TPSA) is 85.1 Å². The van der Waals surface area contributed by atoms with Gasteiger partial charge in [0.15, 0.2) is 0 Å². The van der Waals surface area contributed by atoms with E-state index in [0.717, 1.165) is 22.6 Å². The van der Waals surface area contributed by atoms with E-state index >= 15 is 0 Å². The summed E-state index contributed by atoms with van der Waals surface area (Å²) in [5, 5.41) is 3.98. The van der Waals surface area contributed by atoms with Crippen LogP contribution in [0, 0.1) is 13.8 Å². The van der Waals surface area contributed by atoms with Gasteiger partial charge in [-0.3, -0.25) is 9.59 Å². The fourth-order valence-electron chi connectivity index (χ4n) is 4.06. The number of amides is 2. The van der Waals surface area contributed by atoms with Gasteiger partial charge in [0.25, 0.3) is 5.91 Å². The number of aromatic nitrogens is 1. The molecule has 1 saturated heterocycles. The van der Waals surface area contributed by atoms with Crippen molar-refractivity contribution >= 4 is 11.8 Å². The lowest BCUT2D eigenvalue weighted by molar-refractivity contribution is -0.132. The Labute approximate surface area is 199 Å². The highest BCUT2D eigenvalue weighted by Crippen LogP contribution is 2.20. The minimum Gasteiger partial charge on any atom is -0.497 e. The van der Waals surface area contributed by atoms with Crippen LogP contribution in [-0.4, -0.2) is 59.6 Å². The molecule has 0 N–H and O–H groups in total. The maximum atomic E-state index is 13.2. The van der Waals surface area contributed by atoms with E-state index in [1.54, 1.807) is 29.0 Å². The first-order valence-corrected chi connectivity index (χ1v) is 11.2. The molecule has 8 nitrogen and oxygen atoms in total. The van der Waals surface area contributed by atoms with Crippen LogP contribution in [0.4, 0.5) is 0 Å². The Morgan fingerprint density at radius 1 is 1.12 bits per heavy atom. The fraction of sp³-hybridized carbons (Fsp3) is 0.346. The van der Waals surface area contributed by atoms with Crippen molar-refractivity contribution < 1.29 is 23.6 Å². The number of nitrogens with zero attached hydrogens (tertiary/aromatic N) is 3. The van der Waals surface area contributed by atoms with Gasteiger partial charge in [-0.05, 0) is 43.7 Å². The minimum atomic E-state index is -0.376. The fourth-order valence-corrected chi connectivity index (χ4v) is 4.06. The molecule has 0 bridgehead atoms. The molecule has 2 amide bonds. The summed E-state index contributed by atoms with van der Waals surface area (Å²) in [4.78, 5) is 29.7. The van der Waals surface area contributed by atoms with Gasteiger partial charge in [0.2, 0.25) is 5.91 Å². The second-order valence-electron chi connectivity index (χ2n) is 8.41. The van der Waals surface area contributed by atoms with Gasteiger partial charge in [0.1, 0.15) is 18.1 Å². The zero-order valence-corrected chi connectivity index (χ0v) is 19.7. The molecule has 34 heavy (non-hydrogen) atoms. The number of hydrogen-bond acceptors (Lipinski definition) is 6. The molecule has 2 aromatic carbocycles. The summed E-state index contributed by atoms with van der Waals surface area (Å²) in [5.74, 6) is 1.11. The third kappa shape index (κ3) is 5.46. The molecule has 1 atom stereocenters. The number of carbonyl (C=O) groups excluding carboxylic acids is 2. The summed E-state index contributed by atoms with van der Waals surface area (Å²) in [6, 6.07) is 16.6. The van der Waals surface area contributed by atoms with Crippen molar-refractivity contribution in [2.75, 3.05) is 26.7 Å². The SMILES string of the molecule is COc1cccc(CN2C[C@H](OCc3c(C)noc3C)CN(C(=O)c3ccccc3)CC2=O)c1. The van der Waals surface area contributed by atoms with Crippen LogP contribution in [0.15, 0.2) is 59.1 Å². The van der Waals surface area contributed by atoms with Crippen LogP contribution >= 0.6 is 0 Å². The normalized spacial score (nSPS) is 16.4. The summed E-state index contributed by atoms with van der Waals surface area (Å²) in [6.45, 7) is 5.05. The number of ether oxygens (including phenoxy) is 2. The highest BCUT2D eigenvalue weighted by Gasteiger charge is 2.31. The average Bonchev–Trinajstić information content (AvgIpc) is 3.09. The molecule has 0 radical (unpaired) electrons. The van der Waals surface area contributed by atoms with E-state index in [9.17, 15) is 9.59 Å². The molecule has 0 aliphatic carbocycles. The van der Waals surface area contributed by atoms with Gasteiger partial charge in [0, 0.05) is 30.8 Å². The van der Waals surface area contributed by atoms with Crippen molar-refractivity contribution in [2.24, 2.45) is 0 Å². The molecular formula is C26H29N3O5. The molecule has 2 heterocycles. The first kappa shape index (κ1) is 23.5. The van der Waals surface area contributed by atoms with E-state index in [1.165, 1.54) is 0 Å². The predicted octanol–water partition coefficient (Wildman–Crippen LogP) is 3.37. The molecule has 0 unspecified atom stereocenters. The summed E-state index contributed by atoms with van der Waals surface area (Å²) in [6.07, 6.45) is -0.376. The molecule has 178 valence electrons. The molecule has 4 rings (SSSR count). The highest BCUT2D eigenvalue weighted by atomic mass is 16.5. The Morgan fingerprint density at radius 3 is 2.62 bits per heavy atom. The van der Waals surface area contributed by atoms with Crippen LogP contribution in [-0.2, 0) is 22.7 Å². The van der Waals surface area contributed by atoms with Crippen LogP contribution in [0.1, 0.15) is 32.9 Å². The first-order chi connectivity index (χ1) is 16.4. The molecule has 0 spiro atoms. The summed E-state index contributed by atoms with van der Waals surface area (Å²) < 4.78 is 16.8. The molecule has 1 fully saturated rings. The third-order valence-electron chi connectivity index (χ3n) is 5.99. The van der Waals surface area contributed by atoms with Crippen molar-refractivity contribution in [1.82, 2.24) is 15.0 Å². The van der Waals surface area contributed by atoms with E-state index in [2.05, 4.69) is 5.16 Å². The minimum absolute atomic E-state index is 0.0110. The number of methoxy groups -OCH3 is 1. The van der Waals surface area contributed by atoms with Gasteiger partial charge in [-0.15, -0.1) is 0 Å². The van der Waals surface area contributed by atoms with Crippen LogP contribution in [0.3, 0.4) is 0 Å². The van der Waals surface area contributed by atoms with Crippen LogP contribution in [0.2, 0.25) is 0 Å². The van der Waals surface area contributed by atoms with Crippen molar-refractivity contribution in [1.29, 1.82) is 0 Å². The van der Waals surface area contributed by atoms with Crippen LogP contribution in [0.5, 0.6) is 5.75 Å². The second-order valence-corrected chi connectivity index (χ2v) is 8.41. The Bertz CT molecular complexity index is 1120. The van der Waals surface area contributed by atoms with E-state index < -0.39 is 0 Å². The van der Waals surface area contributed by atoms with Crippen molar-refractivity contribution in [3.8, 4) is 5.75 Å². The monoisotopic (exact) mass is 463 g/mol. The molecule has 0 saturated carbocycles. The molecular weight excluding hydrogens is 434 g/mol. The van der Waals surface area contributed by atoms with Gasteiger partial charge in [-0.1, -0.05) is 35.5 Å². The average molecular weight is 464 g/mol. The highest BCUT2D eigenvalue weighted by molar-refractivity contribution is 5.96. The first-order valence-electron chi connectivity index (χ1n) is 11.2. The number of benzene rings is 2. The van der Waals surface area contributed by atoms with Crippen molar-refractivity contribution in [2.45, 2.75) is 33.1 Å². The standard InChI is InChI=1S/C26H29N3O5/c1-18-24(19(2)34-27-18)17-33-23-14-28(13-20-8-7-11-22(12-20)32-3)25(30)16-29(15-23)26(31)21-9-5-4-6-10-21/h4-12,23H,13-17H2,1-3H3/t23-/m0/s1.